The number of piperazine rings is 1. The zero-order valence-corrected chi connectivity index (χ0v) is 18.2. The summed E-state index contributed by atoms with van der Waals surface area (Å²) < 4.78 is 0. The van der Waals surface area contributed by atoms with Crippen LogP contribution in [0.25, 0.3) is 0 Å². The highest BCUT2D eigenvalue weighted by atomic mass is 16.2. The first kappa shape index (κ1) is 21.3. The molecule has 1 amide bonds. The molecule has 0 spiro atoms. The molecule has 1 atom stereocenters. The van der Waals surface area contributed by atoms with Crippen LogP contribution in [-0.4, -0.2) is 38.6 Å². The molecule has 1 aromatic carbocycles. The minimum absolute atomic E-state index is 0.0586. The highest BCUT2D eigenvalue weighted by Gasteiger charge is 2.28. The number of carbonyl (C=O) groups excluding carboxylic acids is 1. The lowest BCUT2D eigenvalue weighted by molar-refractivity contribution is -0.892. The third kappa shape index (κ3) is 5.80. The van der Waals surface area contributed by atoms with Crippen LogP contribution in [0.4, 0.5) is 5.82 Å². The Bertz CT molecular complexity index is 765. The molecule has 2 aromatic rings. The van der Waals surface area contributed by atoms with Crippen LogP contribution in [0.15, 0.2) is 48.7 Å². The van der Waals surface area contributed by atoms with Gasteiger partial charge in [0.05, 0.1) is 12.2 Å². The first-order chi connectivity index (χ1) is 13.9. The second kappa shape index (κ2) is 9.88. The monoisotopic (exact) mass is 396 g/mol. The Kier molecular flexibility index (Phi) is 7.26. The van der Waals surface area contributed by atoms with Crippen molar-refractivity contribution in [1.82, 2.24) is 5.32 Å². The standard InChI is InChI=1S/C24H34N4O/c1-18(2)20-8-10-21(11-9-20)24(19(3)4)26-23(29)17-27-13-15-28(16-14-27)22-7-5-6-12-25-22/h5-12,18-19,24H,13-17H2,1-4H3,(H,26,29)/p+2/t24-/m1/s1. The summed E-state index contributed by atoms with van der Waals surface area (Å²) in [4.78, 5) is 19.8. The molecule has 0 unspecified atom stereocenters. The van der Waals surface area contributed by atoms with Gasteiger partial charge in [-0.15, -0.1) is 0 Å². The maximum absolute atomic E-state index is 12.8. The molecule has 5 nitrogen and oxygen atoms in total. The van der Waals surface area contributed by atoms with Gasteiger partial charge in [-0.2, -0.15) is 0 Å². The van der Waals surface area contributed by atoms with Gasteiger partial charge >= 0.3 is 0 Å². The number of hydrogen-bond donors (Lipinski definition) is 2. The molecule has 3 N–H and O–H groups in total. The van der Waals surface area contributed by atoms with Crippen molar-refractivity contribution in [2.45, 2.75) is 39.7 Å². The van der Waals surface area contributed by atoms with Gasteiger partial charge in [0.1, 0.15) is 26.2 Å². The molecule has 0 bridgehead atoms. The molecule has 1 fully saturated rings. The van der Waals surface area contributed by atoms with Gasteiger partial charge in [0.25, 0.3) is 11.7 Å². The number of nitrogens with zero attached hydrogens (tertiary/aromatic N) is 1. The van der Waals surface area contributed by atoms with E-state index in [4.69, 9.17) is 0 Å². The van der Waals surface area contributed by atoms with Crippen LogP contribution in [0.5, 0.6) is 0 Å². The zero-order chi connectivity index (χ0) is 20.8. The molecule has 3 rings (SSSR count). The van der Waals surface area contributed by atoms with E-state index in [2.05, 4.69) is 79.3 Å². The molecule has 1 aliphatic rings. The van der Waals surface area contributed by atoms with Gasteiger partial charge in [0, 0.05) is 6.07 Å². The highest BCUT2D eigenvalue weighted by Crippen LogP contribution is 2.24. The molecule has 1 aromatic heterocycles. The highest BCUT2D eigenvalue weighted by molar-refractivity contribution is 5.77. The fourth-order valence-electron chi connectivity index (χ4n) is 4.00. The number of aromatic amines is 1. The molecule has 29 heavy (non-hydrogen) atoms. The summed E-state index contributed by atoms with van der Waals surface area (Å²) in [5, 5.41) is 3.29. The van der Waals surface area contributed by atoms with Gasteiger partial charge in [-0.25, -0.2) is 4.98 Å². The minimum Gasteiger partial charge on any atom is -0.344 e. The van der Waals surface area contributed by atoms with Crippen molar-refractivity contribution < 1.29 is 14.7 Å². The first-order valence-electron chi connectivity index (χ1n) is 10.9. The van der Waals surface area contributed by atoms with Crippen LogP contribution in [0.3, 0.4) is 0 Å². The lowest BCUT2D eigenvalue weighted by Gasteiger charge is -2.29. The van der Waals surface area contributed by atoms with Crippen LogP contribution >= 0.6 is 0 Å². The van der Waals surface area contributed by atoms with Gasteiger partial charge < -0.3 is 10.2 Å². The van der Waals surface area contributed by atoms with Crippen molar-refractivity contribution in [2.24, 2.45) is 5.92 Å². The number of amides is 1. The molecule has 5 heteroatoms. The molecular formula is C24H36N4O+2. The van der Waals surface area contributed by atoms with E-state index >= 15 is 0 Å². The van der Waals surface area contributed by atoms with E-state index in [9.17, 15) is 4.79 Å². The van der Waals surface area contributed by atoms with Crippen molar-refractivity contribution in [1.29, 1.82) is 0 Å². The smallest absolute Gasteiger partial charge is 0.275 e. The van der Waals surface area contributed by atoms with Crippen LogP contribution in [0.1, 0.15) is 50.8 Å². The van der Waals surface area contributed by atoms with Crippen LogP contribution < -0.4 is 20.1 Å². The lowest BCUT2D eigenvalue weighted by Crippen LogP contribution is -3.16. The van der Waals surface area contributed by atoms with Gasteiger partial charge in [-0.3, -0.25) is 9.69 Å². The van der Waals surface area contributed by atoms with E-state index < -0.39 is 0 Å². The first-order valence-corrected chi connectivity index (χ1v) is 10.9. The summed E-state index contributed by atoms with van der Waals surface area (Å²) in [6.45, 7) is 13.2. The number of quaternary nitrogens is 1. The second-order valence-electron chi connectivity index (χ2n) is 8.77. The van der Waals surface area contributed by atoms with Gasteiger partial charge in [0.2, 0.25) is 0 Å². The number of aromatic nitrogens is 1. The number of H-pyrrole nitrogens is 1. The Morgan fingerprint density at radius 1 is 1.03 bits per heavy atom. The van der Waals surface area contributed by atoms with E-state index in [0.717, 1.165) is 32.0 Å². The number of carbonyl (C=O) groups is 1. The molecule has 2 heterocycles. The van der Waals surface area contributed by atoms with E-state index in [1.165, 1.54) is 16.0 Å². The minimum atomic E-state index is 0.0586. The SMILES string of the molecule is CC(C)c1ccc([C@H](NC(=O)C[NH+]2CCN(c3cccc[nH+]3)CC2)C(C)C)cc1. The molecule has 0 saturated carbocycles. The van der Waals surface area contributed by atoms with Gasteiger partial charge in [-0.05, 0) is 29.0 Å². The van der Waals surface area contributed by atoms with E-state index in [1.807, 2.05) is 12.3 Å². The quantitative estimate of drug-likeness (QED) is 0.750. The largest absolute Gasteiger partial charge is 0.344 e. The topological polar surface area (TPSA) is 50.9 Å². The van der Waals surface area contributed by atoms with Crippen LogP contribution in [-0.2, 0) is 4.79 Å². The van der Waals surface area contributed by atoms with E-state index in [-0.39, 0.29) is 11.9 Å². The Balaban J connectivity index is 1.53. The molecule has 1 aliphatic heterocycles. The Labute approximate surface area is 175 Å². The summed E-state index contributed by atoms with van der Waals surface area (Å²) >= 11 is 0. The number of anilines is 1. The molecule has 0 aliphatic carbocycles. The Morgan fingerprint density at radius 3 is 2.24 bits per heavy atom. The summed E-state index contributed by atoms with van der Waals surface area (Å²) in [7, 11) is 0. The Hall–Kier alpha value is -2.40. The van der Waals surface area contributed by atoms with Gasteiger partial charge in [0.15, 0.2) is 6.54 Å². The van der Waals surface area contributed by atoms with Crippen molar-refractivity contribution in [3.63, 3.8) is 0 Å². The summed E-state index contributed by atoms with van der Waals surface area (Å²) in [6, 6.07) is 14.9. The third-order valence-corrected chi connectivity index (χ3v) is 5.86. The van der Waals surface area contributed by atoms with Crippen LogP contribution in [0.2, 0.25) is 0 Å². The normalized spacial score (nSPS) is 16.3. The predicted molar refractivity (Wildman–Crippen MR) is 117 cm³/mol. The number of pyridine rings is 1. The lowest BCUT2D eigenvalue weighted by atomic mass is 9.93. The second-order valence-corrected chi connectivity index (χ2v) is 8.77. The fourth-order valence-corrected chi connectivity index (χ4v) is 4.00. The molecular weight excluding hydrogens is 360 g/mol. The molecule has 0 radical (unpaired) electrons. The van der Waals surface area contributed by atoms with Crippen LogP contribution in [0, 0.1) is 5.92 Å². The van der Waals surface area contributed by atoms with E-state index in [0.29, 0.717) is 18.4 Å². The van der Waals surface area contributed by atoms with Crippen molar-refractivity contribution >= 4 is 11.7 Å². The average Bonchev–Trinajstić information content (AvgIpc) is 2.73. The molecule has 156 valence electrons. The number of benzene rings is 1. The number of hydrogen-bond acceptors (Lipinski definition) is 2. The summed E-state index contributed by atoms with van der Waals surface area (Å²) in [5.74, 6) is 2.17. The van der Waals surface area contributed by atoms with Crippen molar-refractivity contribution in [3.8, 4) is 0 Å². The maximum Gasteiger partial charge on any atom is 0.275 e. The third-order valence-electron chi connectivity index (χ3n) is 5.86. The Morgan fingerprint density at radius 2 is 1.69 bits per heavy atom. The number of nitrogens with one attached hydrogen (secondary N) is 3. The van der Waals surface area contributed by atoms with Crippen molar-refractivity contribution in [3.05, 3.63) is 59.8 Å². The predicted octanol–water partition coefficient (Wildman–Crippen LogP) is 1.84. The zero-order valence-electron chi connectivity index (χ0n) is 18.2. The number of rotatable bonds is 7. The average molecular weight is 397 g/mol. The van der Waals surface area contributed by atoms with Crippen molar-refractivity contribution in [2.75, 3.05) is 37.6 Å². The maximum atomic E-state index is 12.8. The fraction of sp³-hybridized carbons (Fsp3) is 0.500. The summed E-state index contributed by atoms with van der Waals surface area (Å²) in [5.41, 5.74) is 2.53. The summed E-state index contributed by atoms with van der Waals surface area (Å²) in [6.07, 6.45) is 1.96. The van der Waals surface area contributed by atoms with E-state index in [1.54, 1.807) is 0 Å². The van der Waals surface area contributed by atoms with Gasteiger partial charge in [-0.1, -0.05) is 58.0 Å². The molecule has 1 saturated heterocycles.